The molecule has 17 heavy (non-hydrogen) atoms. The van der Waals surface area contributed by atoms with Crippen LogP contribution in [0.5, 0.6) is 0 Å². The average Bonchev–Trinajstić information content (AvgIpc) is 2.88. The smallest absolute Gasteiger partial charge is 0.178 e. The van der Waals surface area contributed by atoms with Gasteiger partial charge in [0.25, 0.3) is 0 Å². The maximum atomic E-state index is 5.35. The van der Waals surface area contributed by atoms with Gasteiger partial charge in [0, 0.05) is 0 Å². The van der Waals surface area contributed by atoms with Crippen LogP contribution < -0.4 is 0 Å². The number of H-pyrrole nitrogens is 1. The van der Waals surface area contributed by atoms with Crippen LogP contribution in [0.3, 0.4) is 0 Å². The topological polar surface area (TPSA) is 33.9 Å². The van der Waals surface area contributed by atoms with Crippen LogP contribution >= 0.6 is 12.2 Å². The molecule has 0 bridgehead atoms. The van der Waals surface area contributed by atoms with Gasteiger partial charge < -0.3 is 14.0 Å². The van der Waals surface area contributed by atoms with Crippen LogP contribution in [-0.4, -0.2) is 9.55 Å². The molecule has 0 spiro atoms. The summed E-state index contributed by atoms with van der Waals surface area (Å²) >= 11 is 5.34. The molecule has 3 aromatic rings. The Morgan fingerprint density at radius 2 is 2.24 bits per heavy atom. The maximum absolute atomic E-state index is 5.35. The lowest BCUT2D eigenvalue weighted by Gasteiger charge is -2.01. The predicted molar refractivity (Wildman–Crippen MR) is 69.7 cm³/mol. The van der Waals surface area contributed by atoms with E-state index in [1.807, 2.05) is 16.7 Å². The number of imidazole rings is 1. The Labute approximate surface area is 104 Å². The van der Waals surface area contributed by atoms with Gasteiger partial charge in [-0.25, -0.2) is 0 Å². The van der Waals surface area contributed by atoms with Gasteiger partial charge in [0.05, 0.1) is 23.8 Å². The summed E-state index contributed by atoms with van der Waals surface area (Å²) < 4.78 is 8.12. The molecule has 0 aliphatic heterocycles. The largest absolute Gasteiger partial charge is 0.467 e. The maximum Gasteiger partial charge on any atom is 0.178 e. The second-order valence-electron chi connectivity index (χ2n) is 4.12. The minimum absolute atomic E-state index is 0.662. The molecule has 4 heteroatoms. The molecule has 0 aliphatic carbocycles. The highest BCUT2D eigenvalue weighted by molar-refractivity contribution is 7.71. The number of rotatable bonds is 2. The van der Waals surface area contributed by atoms with Crippen molar-refractivity contribution in [2.75, 3.05) is 0 Å². The van der Waals surface area contributed by atoms with E-state index in [0.29, 0.717) is 6.54 Å². The van der Waals surface area contributed by atoms with Crippen molar-refractivity contribution in [3.63, 3.8) is 0 Å². The number of nitrogens with zero attached hydrogens (tertiary/aromatic N) is 1. The van der Waals surface area contributed by atoms with E-state index in [0.717, 1.165) is 21.6 Å². The number of aromatic amines is 1. The highest BCUT2D eigenvalue weighted by Crippen LogP contribution is 2.17. The highest BCUT2D eigenvalue weighted by Gasteiger charge is 2.06. The van der Waals surface area contributed by atoms with Gasteiger partial charge in [-0.15, -0.1) is 0 Å². The SMILES string of the molecule is Cc1ccc2c(c1)[nH]c(=S)n2Cc1ccco1. The summed E-state index contributed by atoms with van der Waals surface area (Å²) in [5, 5.41) is 0. The van der Waals surface area contributed by atoms with Crippen molar-refractivity contribution >= 4 is 23.3 Å². The zero-order valence-corrected chi connectivity index (χ0v) is 10.3. The molecule has 1 N–H and O–H groups in total. The predicted octanol–water partition coefficient (Wildman–Crippen LogP) is 3.65. The fourth-order valence-electron chi connectivity index (χ4n) is 1.99. The molecule has 0 unspecified atom stereocenters. The normalized spacial score (nSPS) is 11.1. The lowest BCUT2D eigenvalue weighted by atomic mass is 10.2. The number of nitrogens with one attached hydrogen (secondary N) is 1. The summed E-state index contributed by atoms with van der Waals surface area (Å²) in [5.41, 5.74) is 3.40. The second-order valence-corrected chi connectivity index (χ2v) is 4.50. The third-order valence-corrected chi connectivity index (χ3v) is 3.15. The molecule has 0 saturated heterocycles. The van der Waals surface area contributed by atoms with E-state index < -0.39 is 0 Å². The van der Waals surface area contributed by atoms with E-state index in [2.05, 4.69) is 30.1 Å². The Morgan fingerprint density at radius 3 is 3.00 bits per heavy atom. The number of hydrogen-bond acceptors (Lipinski definition) is 2. The highest BCUT2D eigenvalue weighted by atomic mass is 32.1. The molecule has 1 aromatic carbocycles. The van der Waals surface area contributed by atoms with E-state index in [1.54, 1.807) is 6.26 Å². The first kappa shape index (κ1) is 10.4. The van der Waals surface area contributed by atoms with Crippen molar-refractivity contribution in [3.05, 3.63) is 52.7 Å². The lowest BCUT2D eigenvalue weighted by Crippen LogP contribution is -1.98. The van der Waals surface area contributed by atoms with Gasteiger partial charge in [0.2, 0.25) is 0 Å². The number of aryl methyl sites for hydroxylation is 1. The molecule has 2 heterocycles. The first-order valence-electron chi connectivity index (χ1n) is 5.45. The molecule has 2 aromatic heterocycles. The van der Waals surface area contributed by atoms with Crippen LogP contribution in [0.4, 0.5) is 0 Å². The zero-order valence-electron chi connectivity index (χ0n) is 9.43. The van der Waals surface area contributed by atoms with Gasteiger partial charge in [0.15, 0.2) is 4.77 Å². The number of benzene rings is 1. The van der Waals surface area contributed by atoms with Gasteiger partial charge >= 0.3 is 0 Å². The molecule has 86 valence electrons. The van der Waals surface area contributed by atoms with E-state index in [9.17, 15) is 0 Å². The number of furan rings is 1. The molecule has 0 aliphatic rings. The molecule has 0 saturated carbocycles. The van der Waals surface area contributed by atoms with Crippen LogP contribution in [0, 0.1) is 11.7 Å². The van der Waals surface area contributed by atoms with Crippen LogP contribution in [-0.2, 0) is 6.54 Å². The van der Waals surface area contributed by atoms with Gasteiger partial charge in [-0.2, -0.15) is 0 Å². The third kappa shape index (κ3) is 1.80. The standard InChI is InChI=1S/C13H12N2OS/c1-9-4-5-12-11(7-9)14-13(17)15(12)8-10-3-2-6-16-10/h2-7H,8H2,1H3,(H,14,17). The molecule has 0 amide bonds. The summed E-state index contributed by atoms with van der Waals surface area (Å²) in [6.07, 6.45) is 1.68. The number of aromatic nitrogens is 2. The summed E-state index contributed by atoms with van der Waals surface area (Å²) in [6, 6.07) is 10.1. The van der Waals surface area contributed by atoms with Crippen molar-refractivity contribution in [3.8, 4) is 0 Å². The lowest BCUT2D eigenvalue weighted by molar-refractivity contribution is 0.495. The summed E-state index contributed by atoms with van der Waals surface area (Å²) in [7, 11) is 0. The molecular formula is C13H12N2OS. The van der Waals surface area contributed by atoms with Crippen LogP contribution in [0.15, 0.2) is 41.0 Å². The van der Waals surface area contributed by atoms with Crippen molar-refractivity contribution in [1.82, 2.24) is 9.55 Å². The van der Waals surface area contributed by atoms with Crippen LogP contribution in [0.25, 0.3) is 11.0 Å². The first-order chi connectivity index (χ1) is 8.24. The molecule has 3 nitrogen and oxygen atoms in total. The molecule has 0 fully saturated rings. The Hall–Kier alpha value is -1.81. The van der Waals surface area contributed by atoms with Crippen molar-refractivity contribution < 1.29 is 4.42 Å². The molecule has 0 atom stereocenters. The Morgan fingerprint density at radius 1 is 1.35 bits per heavy atom. The quantitative estimate of drug-likeness (QED) is 0.698. The van der Waals surface area contributed by atoms with E-state index in [4.69, 9.17) is 16.6 Å². The number of hydrogen-bond donors (Lipinski definition) is 1. The minimum atomic E-state index is 0.662. The van der Waals surface area contributed by atoms with Crippen LogP contribution in [0.2, 0.25) is 0 Å². The third-order valence-electron chi connectivity index (χ3n) is 2.82. The van der Waals surface area contributed by atoms with Crippen molar-refractivity contribution in [1.29, 1.82) is 0 Å². The minimum Gasteiger partial charge on any atom is -0.467 e. The fourth-order valence-corrected chi connectivity index (χ4v) is 2.27. The van der Waals surface area contributed by atoms with Gasteiger partial charge in [-0.05, 0) is 49.0 Å². The van der Waals surface area contributed by atoms with Crippen molar-refractivity contribution in [2.24, 2.45) is 0 Å². The van der Waals surface area contributed by atoms with E-state index in [1.165, 1.54) is 5.56 Å². The molecule has 3 rings (SSSR count). The van der Waals surface area contributed by atoms with Crippen LogP contribution in [0.1, 0.15) is 11.3 Å². The Kier molecular flexibility index (Phi) is 2.37. The number of fused-ring (bicyclic) bond motifs is 1. The van der Waals surface area contributed by atoms with Crippen molar-refractivity contribution in [2.45, 2.75) is 13.5 Å². The van der Waals surface area contributed by atoms with E-state index in [-0.39, 0.29) is 0 Å². The first-order valence-corrected chi connectivity index (χ1v) is 5.86. The zero-order chi connectivity index (χ0) is 11.8. The Bertz CT molecular complexity index is 707. The van der Waals surface area contributed by atoms with Gasteiger partial charge in [0.1, 0.15) is 5.76 Å². The summed E-state index contributed by atoms with van der Waals surface area (Å²) in [4.78, 5) is 3.22. The molecular weight excluding hydrogens is 232 g/mol. The monoisotopic (exact) mass is 244 g/mol. The second kappa shape index (κ2) is 3.89. The van der Waals surface area contributed by atoms with Gasteiger partial charge in [-0.3, -0.25) is 0 Å². The van der Waals surface area contributed by atoms with Gasteiger partial charge in [-0.1, -0.05) is 6.07 Å². The fraction of sp³-hybridized carbons (Fsp3) is 0.154. The molecule has 0 radical (unpaired) electrons. The summed E-state index contributed by atoms with van der Waals surface area (Å²) in [5.74, 6) is 0.905. The summed E-state index contributed by atoms with van der Waals surface area (Å²) in [6.45, 7) is 2.73. The average molecular weight is 244 g/mol. The Balaban J connectivity index is 2.16. The van der Waals surface area contributed by atoms with E-state index >= 15 is 0 Å².